The highest BCUT2D eigenvalue weighted by atomic mass is 19.1. The molecule has 4 rings (SSSR count). The van der Waals surface area contributed by atoms with E-state index < -0.39 is 0 Å². The van der Waals surface area contributed by atoms with Gasteiger partial charge >= 0.3 is 0 Å². The van der Waals surface area contributed by atoms with Crippen molar-refractivity contribution >= 4 is 22.4 Å². The van der Waals surface area contributed by atoms with Gasteiger partial charge in [-0.15, -0.1) is 0 Å². The van der Waals surface area contributed by atoms with Gasteiger partial charge in [0.1, 0.15) is 22.9 Å². The van der Waals surface area contributed by atoms with Crippen LogP contribution < -0.4 is 14.8 Å². The van der Waals surface area contributed by atoms with Crippen molar-refractivity contribution < 1.29 is 23.1 Å². The topological polar surface area (TPSA) is 60.7 Å². The summed E-state index contributed by atoms with van der Waals surface area (Å²) in [5, 5.41) is 3.82. The van der Waals surface area contributed by atoms with Crippen LogP contribution in [-0.4, -0.2) is 26.7 Å². The van der Waals surface area contributed by atoms with Gasteiger partial charge in [-0.3, -0.25) is 4.79 Å². The van der Waals surface area contributed by atoms with E-state index in [1.54, 1.807) is 38.7 Å². The molecule has 0 saturated heterocycles. The third kappa shape index (κ3) is 5.22. The number of ether oxygens (including phenoxy) is 2. The van der Waals surface area contributed by atoms with Crippen LogP contribution in [-0.2, 0) is 11.2 Å². The molecule has 6 heteroatoms. The Labute approximate surface area is 204 Å². The first kappa shape index (κ1) is 24.1. The number of amides is 1. The molecule has 3 aromatic carbocycles. The van der Waals surface area contributed by atoms with Crippen LogP contribution >= 0.6 is 0 Å². The number of carbonyl (C=O) groups is 1. The average molecular weight is 474 g/mol. The van der Waals surface area contributed by atoms with E-state index in [2.05, 4.69) is 5.32 Å². The van der Waals surface area contributed by atoms with E-state index in [9.17, 15) is 9.18 Å². The first-order chi connectivity index (χ1) is 16.9. The van der Waals surface area contributed by atoms with E-state index in [1.807, 2.05) is 44.2 Å². The van der Waals surface area contributed by atoms with Crippen LogP contribution in [0, 0.1) is 12.7 Å². The molecule has 0 unspecified atom stereocenters. The Bertz CT molecular complexity index is 1390. The summed E-state index contributed by atoms with van der Waals surface area (Å²) >= 11 is 0. The van der Waals surface area contributed by atoms with Crippen molar-refractivity contribution in [1.29, 1.82) is 0 Å². The number of aryl methyl sites for hydroxylation is 1. The average Bonchev–Trinajstić information content (AvgIpc) is 3.29. The summed E-state index contributed by atoms with van der Waals surface area (Å²) in [6.45, 7) is 4.30. The molecule has 180 valence electrons. The Morgan fingerprint density at radius 1 is 1.09 bits per heavy atom. The summed E-state index contributed by atoms with van der Waals surface area (Å²) in [4.78, 5) is 12.7. The zero-order valence-corrected chi connectivity index (χ0v) is 20.3. The van der Waals surface area contributed by atoms with Gasteiger partial charge in [0.05, 0.1) is 20.5 Å². The lowest BCUT2D eigenvalue weighted by molar-refractivity contribution is -0.116. The lowest BCUT2D eigenvalue weighted by atomic mass is 9.96. The van der Waals surface area contributed by atoms with Crippen LogP contribution in [0.15, 0.2) is 71.4 Å². The quantitative estimate of drug-likeness (QED) is 0.304. The molecule has 0 spiro atoms. The number of furan rings is 1. The van der Waals surface area contributed by atoms with Crippen molar-refractivity contribution in [3.63, 3.8) is 0 Å². The van der Waals surface area contributed by atoms with Gasteiger partial charge in [0.2, 0.25) is 5.91 Å². The van der Waals surface area contributed by atoms with E-state index in [0.29, 0.717) is 24.3 Å². The van der Waals surface area contributed by atoms with Crippen LogP contribution in [0.25, 0.3) is 27.7 Å². The molecule has 1 heterocycles. The summed E-state index contributed by atoms with van der Waals surface area (Å²) < 4.78 is 30.2. The zero-order chi connectivity index (χ0) is 24.9. The lowest BCUT2D eigenvalue weighted by Gasteiger charge is -2.13. The molecule has 4 aromatic rings. The second kappa shape index (κ2) is 10.5. The molecule has 0 radical (unpaired) electrons. The normalized spacial score (nSPS) is 11.5. The van der Waals surface area contributed by atoms with Gasteiger partial charge in [-0.25, -0.2) is 4.39 Å². The maximum absolute atomic E-state index is 13.4. The predicted octanol–water partition coefficient (Wildman–Crippen LogP) is 6.33. The second-order valence-corrected chi connectivity index (χ2v) is 8.34. The van der Waals surface area contributed by atoms with Gasteiger partial charge < -0.3 is 19.2 Å². The molecule has 0 atom stereocenters. The van der Waals surface area contributed by atoms with Gasteiger partial charge in [0.15, 0.2) is 0 Å². The van der Waals surface area contributed by atoms with Gasteiger partial charge in [-0.1, -0.05) is 24.3 Å². The maximum atomic E-state index is 13.4. The summed E-state index contributed by atoms with van der Waals surface area (Å²) in [6.07, 6.45) is 3.94. The molecule has 35 heavy (non-hydrogen) atoms. The molecule has 1 N–H and O–H groups in total. The van der Waals surface area contributed by atoms with Gasteiger partial charge in [-0.05, 0) is 67.3 Å². The summed E-state index contributed by atoms with van der Waals surface area (Å²) in [6, 6.07) is 16.0. The second-order valence-electron chi connectivity index (χ2n) is 8.34. The SMILES string of the molecule is COc1cccc(CCNC(=O)/C=C(\C)c2cc3c(-c4ccc(F)cc4)coc3c(C)c2OC)c1. The molecule has 0 saturated carbocycles. The molecule has 5 nitrogen and oxygen atoms in total. The number of nitrogens with one attached hydrogen (secondary N) is 1. The molecular formula is C29H28FNO4. The Morgan fingerprint density at radius 2 is 1.86 bits per heavy atom. The number of halogens is 1. The highest BCUT2D eigenvalue weighted by Crippen LogP contribution is 2.40. The van der Waals surface area contributed by atoms with E-state index in [-0.39, 0.29) is 11.7 Å². The Hall–Kier alpha value is -4.06. The molecule has 0 aliphatic rings. The van der Waals surface area contributed by atoms with E-state index in [1.165, 1.54) is 12.1 Å². The van der Waals surface area contributed by atoms with Crippen molar-refractivity contribution in [2.75, 3.05) is 20.8 Å². The fourth-order valence-corrected chi connectivity index (χ4v) is 4.21. The number of benzene rings is 3. The zero-order valence-electron chi connectivity index (χ0n) is 20.3. The highest BCUT2D eigenvalue weighted by molar-refractivity contribution is 6.01. The summed E-state index contributed by atoms with van der Waals surface area (Å²) in [5.74, 6) is 0.963. The van der Waals surface area contributed by atoms with E-state index in [0.717, 1.165) is 44.5 Å². The van der Waals surface area contributed by atoms with Crippen LogP contribution in [0.2, 0.25) is 0 Å². The number of carbonyl (C=O) groups excluding carboxylic acids is 1. The summed E-state index contributed by atoms with van der Waals surface area (Å²) in [5.41, 5.74) is 5.86. The Kier molecular flexibility index (Phi) is 7.20. The van der Waals surface area contributed by atoms with Crippen LogP contribution in [0.4, 0.5) is 4.39 Å². The van der Waals surface area contributed by atoms with Gasteiger partial charge in [-0.2, -0.15) is 0 Å². The number of hydrogen-bond donors (Lipinski definition) is 1. The van der Waals surface area contributed by atoms with Gasteiger partial charge in [0.25, 0.3) is 0 Å². The molecule has 1 aromatic heterocycles. The molecule has 0 bridgehead atoms. The predicted molar refractivity (Wildman–Crippen MR) is 136 cm³/mol. The van der Waals surface area contributed by atoms with Crippen molar-refractivity contribution in [2.45, 2.75) is 20.3 Å². The largest absolute Gasteiger partial charge is 0.497 e. The van der Waals surface area contributed by atoms with Crippen LogP contribution in [0.3, 0.4) is 0 Å². The molecule has 1 amide bonds. The third-order valence-electron chi connectivity index (χ3n) is 6.02. The van der Waals surface area contributed by atoms with Crippen LogP contribution in [0.1, 0.15) is 23.6 Å². The third-order valence-corrected chi connectivity index (χ3v) is 6.02. The molecule has 0 aliphatic heterocycles. The van der Waals surface area contributed by atoms with Crippen LogP contribution in [0.5, 0.6) is 11.5 Å². The Morgan fingerprint density at radius 3 is 2.57 bits per heavy atom. The number of hydrogen-bond acceptors (Lipinski definition) is 4. The molecular weight excluding hydrogens is 445 g/mol. The summed E-state index contributed by atoms with van der Waals surface area (Å²) in [7, 11) is 3.23. The number of allylic oxidation sites excluding steroid dienone is 1. The fourth-order valence-electron chi connectivity index (χ4n) is 4.21. The van der Waals surface area contributed by atoms with Crippen molar-refractivity contribution in [3.05, 3.63) is 89.4 Å². The fraction of sp³-hybridized carbons (Fsp3) is 0.207. The molecule has 0 aliphatic carbocycles. The monoisotopic (exact) mass is 473 g/mol. The minimum Gasteiger partial charge on any atom is -0.497 e. The minimum absolute atomic E-state index is 0.184. The highest BCUT2D eigenvalue weighted by Gasteiger charge is 2.19. The van der Waals surface area contributed by atoms with Gasteiger partial charge in [0, 0.05) is 34.7 Å². The lowest BCUT2D eigenvalue weighted by Crippen LogP contribution is -2.23. The standard InChI is InChI=1S/C29H28FNO4/c1-18(14-27(32)31-13-12-20-6-5-7-23(15-20)33-3)24-16-25-26(21-8-10-22(30)11-9-21)17-35-29(25)19(2)28(24)34-4/h5-11,14-17H,12-13H2,1-4H3,(H,31,32)/b18-14+. The first-order valence-corrected chi connectivity index (χ1v) is 11.4. The number of rotatable bonds is 8. The first-order valence-electron chi connectivity index (χ1n) is 11.4. The molecule has 0 fully saturated rings. The maximum Gasteiger partial charge on any atom is 0.244 e. The van der Waals surface area contributed by atoms with E-state index in [4.69, 9.17) is 13.9 Å². The minimum atomic E-state index is -0.295. The smallest absolute Gasteiger partial charge is 0.244 e. The van der Waals surface area contributed by atoms with E-state index >= 15 is 0 Å². The number of fused-ring (bicyclic) bond motifs is 1. The number of methoxy groups -OCH3 is 2. The Balaban J connectivity index is 1.58. The van der Waals surface area contributed by atoms with Crippen molar-refractivity contribution in [3.8, 4) is 22.6 Å². The van der Waals surface area contributed by atoms with Crippen molar-refractivity contribution in [2.24, 2.45) is 0 Å². The van der Waals surface area contributed by atoms with Crippen molar-refractivity contribution in [1.82, 2.24) is 5.32 Å².